The lowest BCUT2D eigenvalue weighted by Gasteiger charge is -2.21. The highest BCUT2D eigenvalue weighted by atomic mass is 16.6. The van der Waals surface area contributed by atoms with E-state index in [1.807, 2.05) is 0 Å². The molecule has 6 heteroatoms. The molecule has 0 fully saturated rings. The summed E-state index contributed by atoms with van der Waals surface area (Å²) in [7, 11) is 1.16. The Labute approximate surface area is 97.8 Å². The summed E-state index contributed by atoms with van der Waals surface area (Å²) < 4.78 is 9.53. The fourth-order valence-electron chi connectivity index (χ4n) is 2.58. The highest BCUT2D eigenvalue weighted by Crippen LogP contribution is 2.43. The van der Waals surface area contributed by atoms with Crippen LogP contribution in [0.1, 0.15) is 12.8 Å². The van der Waals surface area contributed by atoms with Crippen LogP contribution in [0.4, 0.5) is 0 Å². The van der Waals surface area contributed by atoms with Crippen LogP contribution in [0.15, 0.2) is 11.1 Å². The van der Waals surface area contributed by atoms with Crippen LogP contribution in [0.25, 0.3) is 0 Å². The van der Waals surface area contributed by atoms with Crippen molar-refractivity contribution in [1.82, 2.24) is 0 Å². The predicted molar refractivity (Wildman–Crippen MR) is 54.9 cm³/mol. The molecule has 0 aromatic heterocycles. The van der Waals surface area contributed by atoms with Gasteiger partial charge in [-0.25, -0.2) is 0 Å². The molecule has 0 radical (unpaired) electrons. The zero-order chi connectivity index (χ0) is 12.6. The summed E-state index contributed by atoms with van der Waals surface area (Å²) in [6.07, 6.45) is 0.124. The Balaban J connectivity index is 2.27. The Morgan fingerprint density at radius 2 is 2.24 bits per heavy atom. The number of hydrogen-bond donors (Lipinski definition) is 2. The number of rotatable bonds is 3. The summed E-state index contributed by atoms with van der Waals surface area (Å²) >= 11 is 0. The molecule has 3 unspecified atom stereocenters. The Kier molecular flexibility index (Phi) is 3.17. The standard InChI is InChI=1S/C11H14O6/c1-16-10(14)8(9(12)13)6-3-2-5-4-17-11(15)7(5)6/h6,8,11,15H,2-4H2,1H3,(H,12,13). The molecule has 6 nitrogen and oxygen atoms in total. The number of esters is 1. The van der Waals surface area contributed by atoms with Crippen LogP contribution < -0.4 is 0 Å². The number of carboxylic acids is 1. The van der Waals surface area contributed by atoms with Gasteiger partial charge in [-0.2, -0.15) is 0 Å². The molecule has 0 spiro atoms. The topological polar surface area (TPSA) is 93.1 Å². The lowest BCUT2D eigenvalue weighted by atomic mass is 9.86. The van der Waals surface area contributed by atoms with Gasteiger partial charge in [-0.15, -0.1) is 0 Å². The van der Waals surface area contributed by atoms with Gasteiger partial charge in [0, 0.05) is 5.92 Å². The lowest BCUT2D eigenvalue weighted by Crippen LogP contribution is -2.34. The third-order valence-corrected chi connectivity index (χ3v) is 3.37. The van der Waals surface area contributed by atoms with E-state index in [0.717, 1.165) is 12.7 Å². The van der Waals surface area contributed by atoms with Gasteiger partial charge in [-0.05, 0) is 24.0 Å². The van der Waals surface area contributed by atoms with Crippen molar-refractivity contribution in [3.05, 3.63) is 11.1 Å². The quantitative estimate of drug-likeness (QED) is 0.408. The molecule has 94 valence electrons. The van der Waals surface area contributed by atoms with Gasteiger partial charge in [0.15, 0.2) is 12.2 Å². The van der Waals surface area contributed by atoms with E-state index in [-0.39, 0.29) is 0 Å². The molecule has 0 saturated carbocycles. The summed E-state index contributed by atoms with van der Waals surface area (Å²) in [5.74, 6) is -3.79. The van der Waals surface area contributed by atoms with Crippen molar-refractivity contribution in [2.24, 2.45) is 11.8 Å². The third kappa shape index (κ3) is 1.94. The number of carbonyl (C=O) groups is 2. The minimum atomic E-state index is -1.26. The molecule has 0 amide bonds. The van der Waals surface area contributed by atoms with E-state index in [1.54, 1.807) is 0 Å². The first-order valence-corrected chi connectivity index (χ1v) is 5.38. The Morgan fingerprint density at radius 3 is 2.82 bits per heavy atom. The molecule has 0 aromatic rings. The second-order valence-corrected chi connectivity index (χ2v) is 4.21. The van der Waals surface area contributed by atoms with E-state index in [0.29, 0.717) is 25.0 Å². The van der Waals surface area contributed by atoms with Gasteiger partial charge in [-0.3, -0.25) is 9.59 Å². The van der Waals surface area contributed by atoms with Crippen molar-refractivity contribution >= 4 is 11.9 Å². The van der Waals surface area contributed by atoms with Crippen molar-refractivity contribution in [1.29, 1.82) is 0 Å². The molecule has 2 rings (SSSR count). The van der Waals surface area contributed by atoms with Gasteiger partial charge in [0.05, 0.1) is 13.7 Å². The van der Waals surface area contributed by atoms with Crippen LogP contribution in [0, 0.1) is 11.8 Å². The van der Waals surface area contributed by atoms with Crippen molar-refractivity contribution in [3.8, 4) is 0 Å². The highest BCUT2D eigenvalue weighted by molar-refractivity contribution is 5.94. The second-order valence-electron chi connectivity index (χ2n) is 4.21. The Morgan fingerprint density at radius 1 is 1.53 bits per heavy atom. The number of aliphatic hydroxyl groups excluding tert-OH is 1. The maximum atomic E-state index is 11.5. The number of aliphatic carboxylic acids is 1. The summed E-state index contributed by atoms with van der Waals surface area (Å²) in [6, 6.07) is 0. The van der Waals surface area contributed by atoms with Gasteiger partial charge in [0.25, 0.3) is 0 Å². The Hall–Kier alpha value is -1.40. The first-order valence-electron chi connectivity index (χ1n) is 5.38. The fraction of sp³-hybridized carbons (Fsp3) is 0.636. The van der Waals surface area contributed by atoms with Gasteiger partial charge in [0.1, 0.15) is 0 Å². The zero-order valence-corrected chi connectivity index (χ0v) is 9.38. The molecular formula is C11H14O6. The van der Waals surface area contributed by atoms with E-state index in [2.05, 4.69) is 4.74 Å². The van der Waals surface area contributed by atoms with E-state index in [9.17, 15) is 14.7 Å². The maximum absolute atomic E-state index is 11.5. The first-order chi connectivity index (χ1) is 8.06. The van der Waals surface area contributed by atoms with E-state index in [1.165, 1.54) is 0 Å². The van der Waals surface area contributed by atoms with Crippen LogP contribution in [0.3, 0.4) is 0 Å². The molecule has 2 aliphatic rings. The normalized spacial score (nSPS) is 29.1. The smallest absolute Gasteiger partial charge is 0.320 e. The fourth-order valence-corrected chi connectivity index (χ4v) is 2.58. The molecule has 3 atom stereocenters. The van der Waals surface area contributed by atoms with Gasteiger partial charge in [-0.1, -0.05) is 0 Å². The maximum Gasteiger partial charge on any atom is 0.320 e. The summed E-state index contributed by atoms with van der Waals surface area (Å²) in [6.45, 7) is 0.320. The number of hydrogen-bond acceptors (Lipinski definition) is 5. The van der Waals surface area contributed by atoms with E-state index >= 15 is 0 Å². The molecule has 1 heterocycles. The second kappa shape index (κ2) is 4.46. The van der Waals surface area contributed by atoms with Gasteiger partial charge in [0.2, 0.25) is 0 Å². The van der Waals surface area contributed by atoms with Crippen LogP contribution >= 0.6 is 0 Å². The average molecular weight is 242 g/mol. The van der Waals surface area contributed by atoms with Gasteiger partial charge < -0.3 is 19.7 Å². The van der Waals surface area contributed by atoms with Crippen LogP contribution in [0.2, 0.25) is 0 Å². The SMILES string of the molecule is COC(=O)C(C(=O)O)C1CCC2=C1C(O)OC2. The Bertz CT molecular complexity index is 385. The molecule has 1 aliphatic heterocycles. The molecular weight excluding hydrogens is 228 g/mol. The van der Waals surface area contributed by atoms with E-state index < -0.39 is 30.1 Å². The van der Waals surface area contributed by atoms with Crippen LogP contribution in [0.5, 0.6) is 0 Å². The molecule has 17 heavy (non-hydrogen) atoms. The average Bonchev–Trinajstić information content (AvgIpc) is 2.83. The summed E-state index contributed by atoms with van der Waals surface area (Å²) in [5.41, 5.74) is 1.47. The number of methoxy groups -OCH3 is 1. The van der Waals surface area contributed by atoms with Crippen molar-refractivity contribution < 1.29 is 29.3 Å². The lowest BCUT2D eigenvalue weighted by molar-refractivity contribution is -0.159. The minimum absolute atomic E-state index is 0.320. The zero-order valence-electron chi connectivity index (χ0n) is 9.38. The molecule has 0 aromatic carbocycles. The molecule has 2 N–H and O–H groups in total. The number of carbonyl (C=O) groups excluding carboxylic acids is 1. The minimum Gasteiger partial charge on any atom is -0.481 e. The monoisotopic (exact) mass is 242 g/mol. The van der Waals surface area contributed by atoms with Crippen LogP contribution in [-0.4, -0.2) is 42.2 Å². The number of ether oxygens (including phenoxy) is 2. The predicted octanol–water partition coefficient (Wildman–Crippen LogP) is -0.0846. The van der Waals surface area contributed by atoms with E-state index in [4.69, 9.17) is 9.84 Å². The largest absolute Gasteiger partial charge is 0.481 e. The number of carboxylic acid groups (broad SMARTS) is 1. The van der Waals surface area contributed by atoms with Crippen LogP contribution in [-0.2, 0) is 19.1 Å². The van der Waals surface area contributed by atoms with Crippen molar-refractivity contribution in [2.45, 2.75) is 19.1 Å². The first kappa shape index (κ1) is 12.1. The third-order valence-electron chi connectivity index (χ3n) is 3.37. The molecule has 0 bridgehead atoms. The van der Waals surface area contributed by atoms with Gasteiger partial charge >= 0.3 is 11.9 Å². The number of aliphatic hydroxyl groups is 1. The molecule has 1 aliphatic carbocycles. The molecule has 0 saturated heterocycles. The van der Waals surface area contributed by atoms with Crippen molar-refractivity contribution in [3.63, 3.8) is 0 Å². The highest BCUT2D eigenvalue weighted by Gasteiger charge is 2.45. The summed E-state index contributed by atoms with van der Waals surface area (Å²) in [5, 5.41) is 18.7. The van der Waals surface area contributed by atoms with Crippen molar-refractivity contribution in [2.75, 3.05) is 13.7 Å². The summed E-state index contributed by atoms with van der Waals surface area (Å²) in [4.78, 5) is 22.6.